The van der Waals surface area contributed by atoms with Gasteiger partial charge in [-0.3, -0.25) is 0 Å². The molecular formula is C19H18ClNO4. The Hall–Kier alpha value is -2.28. The van der Waals surface area contributed by atoms with E-state index in [-0.39, 0.29) is 0 Å². The van der Waals surface area contributed by atoms with Crippen LogP contribution in [0.2, 0.25) is 0 Å². The first-order chi connectivity index (χ1) is 11.9. The van der Waals surface area contributed by atoms with E-state index in [1.165, 1.54) is 22.2 Å². The van der Waals surface area contributed by atoms with Crippen molar-refractivity contribution in [1.82, 2.24) is 0 Å². The van der Waals surface area contributed by atoms with Crippen LogP contribution in [-0.2, 0) is 6.54 Å². The monoisotopic (exact) mass is 359 g/mol. The maximum Gasteiger partial charge on any atom is 0.212 e. The lowest BCUT2D eigenvalue weighted by Crippen LogP contribution is -2.68. The molecule has 0 spiro atoms. The van der Waals surface area contributed by atoms with E-state index >= 15 is 0 Å². The number of nitrogens with zero attached hydrogens (tertiary/aromatic N) is 1. The molecule has 0 aliphatic heterocycles. The van der Waals surface area contributed by atoms with Crippen LogP contribution in [0.1, 0.15) is 18.2 Å². The maximum absolute atomic E-state index is 8.49. The summed E-state index contributed by atoms with van der Waals surface area (Å²) in [6.45, 7) is 3.15. The third-order valence-corrected chi connectivity index (χ3v) is 3.54. The van der Waals surface area contributed by atoms with Gasteiger partial charge in [0, 0.05) is 23.6 Å². The summed E-state index contributed by atoms with van der Waals surface area (Å²) in [5.41, 5.74) is 3.74. The SMILES string of the molecule is CC[n+]1c(C=Cc2ccccc2)ccc2ccccc21.[O-][Cl+3]([O-])([O-])[O-]. The van der Waals surface area contributed by atoms with Crippen LogP contribution in [0.5, 0.6) is 0 Å². The number of rotatable bonds is 3. The number of pyridine rings is 1. The molecule has 0 unspecified atom stereocenters. The van der Waals surface area contributed by atoms with E-state index in [4.69, 9.17) is 18.6 Å². The molecule has 0 N–H and O–H groups in total. The van der Waals surface area contributed by atoms with E-state index in [1.807, 2.05) is 6.07 Å². The smallest absolute Gasteiger partial charge is 0.212 e. The average Bonchev–Trinajstić information content (AvgIpc) is 2.59. The number of hydrogen-bond donors (Lipinski definition) is 0. The van der Waals surface area contributed by atoms with Crippen LogP contribution in [0.15, 0.2) is 66.7 Å². The van der Waals surface area contributed by atoms with Gasteiger partial charge in [0.1, 0.15) is 6.54 Å². The molecule has 2 aromatic carbocycles. The first-order valence-corrected chi connectivity index (χ1v) is 8.88. The van der Waals surface area contributed by atoms with Crippen LogP contribution in [-0.4, -0.2) is 0 Å². The molecule has 0 radical (unpaired) electrons. The molecule has 1 heterocycles. The Bertz CT molecular complexity index is 839. The Morgan fingerprint density at radius 3 is 2.04 bits per heavy atom. The third-order valence-electron chi connectivity index (χ3n) is 3.54. The highest BCUT2D eigenvalue weighted by Crippen LogP contribution is 2.12. The summed E-state index contributed by atoms with van der Waals surface area (Å²) >= 11 is 0. The molecule has 0 aliphatic carbocycles. The standard InChI is InChI=1S/C19H18N.ClHO4/c1-2-20-18(14-12-16-8-4-3-5-9-16)15-13-17-10-6-7-11-19(17)20;2-1(3,4)5/h3-15H,2H2,1H3;(H,2,3,4,5)/q+1;/p-1. The second-order valence-electron chi connectivity index (χ2n) is 5.18. The first kappa shape index (κ1) is 19.1. The van der Waals surface area contributed by atoms with Gasteiger partial charge in [0.2, 0.25) is 11.2 Å². The number of aromatic nitrogens is 1. The van der Waals surface area contributed by atoms with Crippen molar-refractivity contribution in [3.05, 3.63) is 78.0 Å². The second-order valence-corrected chi connectivity index (χ2v) is 5.94. The molecular weight excluding hydrogens is 342 g/mol. The zero-order valence-electron chi connectivity index (χ0n) is 13.7. The van der Waals surface area contributed by atoms with Gasteiger partial charge in [0.25, 0.3) is 0 Å². The summed E-state index contributed by atoms with van der Waals surface area (Å²) < 4.78 is 36.3. The molecule has 3 aromatic rings. The highest BCUT2D eigenvalue weighted by Gasteiger charge is 2.10. The van der Waals surface area contributed by atoms with Crippen molar-refractivity contribution in [1.29, 1.82) is 0 Å². The summed E-state index contributed by atoms with van der Waals surface area (Å²) in [5, 5.41) is 1.28. The van der Waals surface area contributed by atoms with Gasteiger partial charge in [-0.2, -0.15) is 4.57 Å². The van der Waals surface area contributed by atoms with Gasteiger partial charge >= 0.3 is 0 Å². The molecule has 3 rings (SSSR count). The van der Waals surface area contributed by atoms with Gasteiger partial charge in [-0.05, 0) is 30.7 Å². The van der Waals surface area contributed by atoms with E-state index in [2.05, 4.69) is 84.3 Å². The largest absolute Gasteiger partial charge is 0.222 e. The Kier molecular flexibility index (Phi) is 6.64. The minimum absolute atomic E-state index is 0.968. The van der Waals surface area contributed by atoms with Gasteiger partial charge in [-0.25, -0.2) is 18.6 Å². The van der Waals surface area contributed by atoms with Crippen molar-refractivity contribution in [3.8, 4) is 0 Å². The quantitative estimate of drug-likeness (QED) is 0.592. The molecule has 0 bridgehead atoms. The van der Waals surface area contributed by atoms with Crippen LogP contribution < -0.4 is 23.2 Å². The van der Waals surface area contributed by atoms with E-state index in [0.29, 0.717) is 0 Å². The average molecular weight is 360 g/mol. The predicted molar refractivity (Wildman–Crippen MR) is 85.2 cm³/mol. The Balaban J connectivity index is 0.000000399. The van der Waals surface area contributed by atoms with Gasteiger partial charge in [-0.1, -0.05) is 42.5 Å². The minimum Gasteiger partial charge on any atom is -0.222 e. The zero-order chi connectivity index (χ0) is 18.3. The van der Waals surface area contributed by atoms with E-state index in [0.717, 1.165) is 6.54 Å². The lowest BCUT2D eigenvalue weighted by atomic mass is 10.1. The molecule has 25 heavy (non-hydrogen) atoms. The van der Waals surface area contributed by atoms with E-state index in [9.17, 15) is 0 Å². The van der Waals surface area contributed by atoms with Gasteiger partial charge in [0.15, 0.2) is 0 Å². The van der Waals surface area contributed by atoms with E-state index < -0.39 is 10.2 Å². The molecule has 0 amide bonds. The second kappa shape index (κ2) is 8.71. The molecule has 1 aromatic heterocycles. The van der Waals surface area contributed by atoms with Crippen LogP contribution >= 0.6 is 0 Å². The van der Waals surface area contributed by atoms with Gasteiger partial charge < -0.3 is 0 Å². The van der Waals surface area contributed by atoms with Crippen LogP contribution in [0, 0.1) is 10.2 Å². The lowest BCUT2D eigenvalue weighted by Gasteiger charge is -2.17. The molecule has 0 aliphatic rings. The molecule has 0 saturated heterocycles. The number of halogens is 1. The summed E-state index contributed by atoms with van der Waals surface area (Å²) in [5.74, 6) is 0. The Morgan fingerprint density at radius 2 is 1.40 bits per heavy atom. The Labute approximate surface area is 148 Å². The number of aryl methyl sites for hydroxylation is 1. The van der Waals surface area contributed by atoms with Crippen LogP contribution in [0.4, 0.5) is 0 Å². The Morgan fingerprint density at radius 1 is 0.800 bits per heavy atom. The number of para-hydroxylation sites is 1. The summed E-state index contributed by atoms with van der Waals surface area (Å²) in [6, 6.07) is 23.3. The van der Waals surface area contributed by atoms with Crippen LogP contribution in [0.3, 0.4) is 0 Å². The first-order valence-electron chi connectivity index (χ1n) is 7.65. The predicted octanol–water partition coefficient (Wildman–Crippen LogP) is -0.438. The fourth-order valence-electron chi connectivity index (χ4n) is 2.52. The van der Waals surface area contributed by atoms with Crippen molar-refractivity contribution in [2.24, 2.45) is 0 Å². The van der Waals surface area contributed by atoms with Crippen molar-refractivity contribution in [2.45, 2.75) is 13.5 Å². The van der Waals surface area contributed by atoms with Crippen molar-refractivity contribution >= 4 is 23.1 Å². The molecule has 5 nitrogen and oxygen atoms in total. The third kappa shape index (κ3) is 6.26. The van der Waals surface area contributed by atoms with Crippen molar-refractivity contribution < 1.29 is 33.4 Å². The van der Waals surface area contributed by atoms with Gasteiger partial charge in [-0.15, -0.1) is 10.2 Å². The fourth-order valence-corrected chi connectivity index (χ4v) is 2.52. The molecule has 0 fully saturated rings. The normalized spacial score (nSPS) is 11.4. The topological polar surface area (TPSA) is 96.1 Å². The number of fused-ring (bicyclic) bond motifs is 1. The molecule has 6 heteroatoms. The number of benzene rings is 2. The van der Waals surface area contributed by atoms with Crippen molar-refractivity contribution in [3.63, 3.8) is 0 Å². The fraction of sp³-hybridized carbons (Fsp3) is 0.105. The molecule has 0 saturated carbocycles. The molecule has 0 atom stereocenters. The van der Waals surface area contributed by atoms with Crippen molar-refractivity contribution in [2.75, 3.05) is 0 Å². The maximum atomic E-state index is 8.49. The number of hydrogen-bond acceptors (Lipinski definition) is 4. The van der Waals surface area contributed by atoms with Gasteiger partial charge in [0.05, 0.1) is 0 Å². The summed E-state index contributed by atoms with van der Waals surface area (Å²) in [7, 11) is -4.94. The zero-order valence-corrected chi connectivity index (χ0v) is 14.4. The molecule has 130 valence electrons. The van der Waals surface area contributed by atoms with Crippen LogP contribution in [0.25, 0.3) is 23.1 Å². The van der Waals surface area contributed by atoms with E-state index in [1.54, 1.807) is 0 Å². The highest BCUT2D eigenvalue weighted by atomic mass is 35.7. The highest BCUT2D eigenvalue weighted by molar-refractivity contribution is 5.77. The minimum atomic E-state index is -4.94. The lowest BCUT2D eigenvalue weighted by molar-refractivity contribution is -2.00. The summed E-state index contributed by atoms with van der Waals surface area (Å²) in [4.78, 5) is 0. The summed E-state index contributed by atoms with van der Waals surface area (Å²) in [6.07, 6.45) is 4.35.